The van der Waals surface area contributed by atoms with E-state index in [0.717, 1.165) is 6.92 Å². The zero-order valence-corrected chi connectivity index (χ0v) is 14.2. The molecule has 2 rings (SSSR count). The molecule has 2 atom stereocenters. The lowest BCUT2D eigenvalue weighted by atomic mass is 9.86. The molecule has 1 heterocycles. The summed E-state index contributed by atoms with van der Waals surface area (Å²) in [5.41, 5.74) is -3.71. The van der Waals surface area contributed by atoms with Crippen molar-refractivity contribution < 1.29 is 23.1 Å². The maximum Gasteiger partial charge on any atom is 0.340 e. The molecule has 10 heteroatoms. The molecule has 0 aromatic carbocycles. The highest BCUT2D eigenvalue weighted by Gasteiger charge is 2.42. The summed E-state index contributed by atoms with van der Waals surface area (Å²) < 4.78 is 40.8. The second-order valence-electron chi connectivity index (χ2n) is 5.39. The zero-order valence-electron chi connectivity index (χ0n) is 13.5. The standard InChI is InChI=1S/C16H12ClF3N2O4/c1-3-4-16(17)7-10(18)11(6-9(16)13(24)25)22-12(23)5-8(2)21(14(19)20)15(22)26/h5-7,9,14H,1-2H3,(H,24,25). The third-order valence-corrected chi connectivity index (χ3v) is 4.15. The van der Waals surface area contributed by atoms with E-state index < -0.39 is 46.1 Å². The van der Waals surface area contributed by atoms with Crippen molar-refractivity contribution in [3.8, 4) is 11.8 Å². The molecule has 1 aromatic heterocycles. The number of rotatable bonds is 3. The fourth-order valence-electron chi connectivity index (χ4n) is 2.57. The summed E-state index contributed by atoms with van der Waals surface area (Å²) >= 11 is 6.06. The second-order valence-corrected chi connectivity index (χ2v) is 6.02. The van der Waals surface area contributed by atoms with Crippen LogP contribution in [0.25, 0.3) is 5.70 Å². The number of halogens is 4. The molecule has 0 bridgehead atoms. The Kier molecular flexibility index (Phi) is 5.18. The minimum Gasteiger partial charge on any atom is -0.481 e. The van der Waals surface area contributed by atoms with Crippen LogP contribution in [-0.2, 0) is 4.79 Å². The summed E-state index contributed by atoms with van der Waals surface area (Å²) in [6.07, 6.45) is 1.35. The van der Waals surface area contributed by atoms with E-state index in [4.69, 9.17) is 11.6 Å². The van der Waals surface area contributed by atoms with Crippen molar-refractivity contribution in [3.63, 3.8) is 0 Å². The maximum atomic E-state index is 14.5. The van der Waals surface area contributed by atoms with Crippen LogP contribution in [0.2, 0.25) is 0 Å². The normalized spacial score (nSPS) is 22.3. The van der Waals surface area contributed by atoms with Crippen LogP contribution in [0.15, 0.2) is 33.6 Å². The van der Waals surface area contributed by atoms with Gasteiger partial charge in [0.2, 0.25) is 0 Å². The van der Waals surface area contributed by atoms with Gasteiger partial charge in [0.1, 0.15) is 16.6 Å². The molecular weight excluding hydrogens is 377 g/mol. The average Bonchev–Trinajstić information content (AvgIpc) is 2.47. The Balaban J connectivity index is 2.81. The summed E-state index contributed by atoms with van der Waals surface area (Å²) in [6.45, 7) is -0.805. The minimum absolute atomic E-state index is 0.0142. The first kappa shape index (κ1) is 19.6. The van der Waals surface area contributed by atoms with Crippen LogP contribution in [-0.4, -0.2) is 25.1 Å². The van der Waals surface area contributed by atoms with Gasteiger partial charge in [-0.3, -0.25) is 9.59 Å². The fourth-order valence-corrected chi connectivity index (χ4v) is 2.92. The number of carboxylic acids is 1. The first-order valence-corrected chi connectivity index (χ1v) is 7.51. The molecule has 6 nitrogen and oxygen atoms in total. The van der Waals surface area contributed by atoms with Crippen LogP contribution in [0.3, 0.4) is 0 Å². The SMILES string of the molecule is CC#CC1(Cl)C=C(F)C(n2c(=O)cc(C)n(C(F)F)c2=O)=CC1C(=O)O. The summed E-state index contributed by atoms with van der Waals surface area (Å²) in [5, 5.41) is 9.34. The van der Waals surface area contributed by atoms with E-state index in [2.05, 4.69) is 11.8 Å². The Hall–Kier alpha value is -2.73. The van der Waals surface area contributed by atoms with E-state index in [9.17, 15) is 32.7 Å². The van der Waals surface area contributed by atoms with Crippen molar-refractivity contribution in [1.82, 2.24) is 9.13 Å². The van der Waals surface area contributed by atoms with Crippen LogP contribution in [0.5, 0.6) is 0 Å². The van der Waals surface area contributed by atoms with E-state index in [-0.39, 0.29) is 14.8 Å². The number of allylic oxidation sites excluding steroid dienone is 3. The molecule has 0 spiro atoms. The van der Waals surface area contributed by atoms with Crippen LogP contribution in [0, 0.1) is 24.7 Å². The van der Waals surface area contributed by atoms with Crippen molar-refractivity contribution in [3.05, 3.63) is 50.6 Å². The van der Waals surface area contributed by atoms with Crippen LogP contribution in [0.1, 0.15) is 19.2 Å². The molecular formula is C16H12ClF3N2O4. The third kappa shape index (κ3) is 3.20. The van der Waals surface area contributed by atoms with Gasteiger partial charge in [-0.05, 0) is 26.0 Å². The van der Waals surface area contributed by atoms with Crippen molar-refractivity contribution in [1.29, 1.82) is 0 Å². The molecule has 2 unspecified atom stereocenters. The van der Waals surface area contributed by atoms with Crippen molar-refractivity contribution >= 4 is 23.3 Å². The molecule has 0 saturated carbocycles. The minimum atomic E-state index is -3.28. The molecule has 0 amide bonds. The monoisotopic (exact) mass is 388 g/mol. The topological polar surface area (TPSA) is 81.3 Å². The summed E-state index contributed by atoms with van der Waals surface area (Å²) in [6, 6.07) is 0.714. The molecule has 1 aliphatic rings. The zero-order chi connectivity index (χ0) is 19.8. The molecule has 1 aliphatic carbocycles. The van der Waals surface area contributed by atoms with Crippen molar-refractivity contribution in [2.75, 3.05) is 0 Å². The highest BCUT2D eigenvalue weighted by Crippen LogP contribution is 2.38. The molecule has 0 radical (unpaired) electrons. The number of aromatic nitrogens is 2. The molecule has 1 aromatic rings. The first-order chi connectivity index (χ1) is 12.0. The molecule has 0 fully saturated rings. The quantitative estimate of drug-likeness (QED) is 0.635. The van der Waals surface area contributed by atoms with Crippen LogP contribution >= 0.6 is 11.6 Å². The lowest BCUT2D eigenvalue weighted by Gasteiger charge is -2.28. The van der Waals surface area contributed by atoms with Crippen LogP contribution < -0.4 is 11.2 Å². The molecule has 26 heavy (non-hydrogen) atoms. The van der Waals surface area contributed by atoms with Crippen molar-refractivity contribution in [2.45, 2.75) is 25.3 Å². The number of hydrogen-bond donors (Lipinski definition) is 1. The van der Waals surface area contributed by atoms with Gasteiger partial charge in [-0.15, -0.1) is 5.92 Å². The van der Waals surface area contributed by atoms with E-state index >= 15 is 0 Å². The Morgan fingerprint density at radius 2 is 2.04 bits per heavy atom. The van der Waals surface area contributed by atoms with E-state index in [0.29, 0.717) is 18.2 Å². The number of hydrogen-bond acceptors (Lipinski definition) is 3. The van der Waals surface area contributed by atoms with Gasteiger partial charge in [-0.2, -0.15) is 8.78 Å². The largest absolute Gasteiger partial charge is 0.481 e. The summed E-state index contributed by atoms with van der Waals surface area (Å²) in [4.78, 5) is 33.9. The number of carboxylic acid groups (broad SMARTS) is 1. The second kappa shape index (κ2) is 6.88. The predicted molar refractivity (Wildman–Crippen MR) is 87.6 cm³/mol. The predicted octanol–water partition coefficient (Wildman–Crippen LogP) is 2.12. The van der Waals surface area contributed by atoms with Gasteiger partial charge in [-0.1, -0.05) is 17.5 Å². The number of aliphatic carboxylic acids is 1. The first-order valence-electron chi connectivity index (χ1n) is 7.13. The molecule has 138 valence electrons. The fraction of sp³-hybridized carbons (Fsp3) is 0.312. The van der Waals surface area contributed by atoms with Gasteiger partial charge < -0.3 is 5.11 Å². The summed E-state index contributed by atoms with van der Waals surface area (Å²) in [7, 11) is 0. The number of nitrogens with zero attached hydrogens (tertiary/aromatic N) is 2. The van der Waals surface area contributed by atoms with Gasteiger partial charge >= 0.3 is 18.2 Å². The molecule has 0 aliphatic heterocycles. The maximum absolute atomic E-state index is 14.5. The lowest BCUT2D eigenvalue weighted by Crippen LogP contribution is -2.43. The lowest BCUT2D eigenvalue weighted by molar-refractivity contribution is -0.140. The van der Waals surface area contributed by atoms with E-state index in [1.54, 1.807) is 0 Å². The van der Waals surface area contributed by atoms with Crippen LogP contribution in [0.4, 0.5) is 13.2 Å². The van der Waals surface area contributed by atoms with Gasteiger partial charge in [-0.25, -0.2) is 18.3 Å². The van der Waals surface area contributed by atoms with Crippen molar-refractivity contribution in [2.24, 2.45) is 5.92 Å². The Morgan fingerprint density at radius 1 is 1.42 bits per heavy atom. The third-order valence-electron chi connectivity index (χ3n) is 3.71. The van der Waals surface area contributed by atoms with E-state index in [1.165, 1.54) is 6.92 Å². The molecule has 1 N–H and O–H groups in total. The smallest absolute Gasteiger partial charge is 0.340 e. The Morgan fingerprint density at radius 3 is 2.54 bits per heavy atom. The van der Waals surface area contributed by atoms with Gasteiger partial charge in [0.15, 0.2) is 0 Å². The number of carbonyl (C=O) groups is 1. The Labute approximate surface area is 149 Å². The highest BCUT2D eigenvalue weighted by atomic mass is 35.5. The average molecular weight is 389 g/mol. The van der Waals surface area contributed by atoms with E-state index in [1.807, 2.05) is 0 Å². The Bertz CT molecular complexity index is 1010. The van der Waals surface area contributed by atoms with Gasteiger partial charge in [0.05, 0.1) is 5.70 Å². The number of alkyl halides is 3. The number of aryl methyl sites for hydroxylation is 1. The highest BCUT2D eigenvalue weighted by molar-refractivity contribution is 6.29. The molecule has 0 saturated heterocycles. The summed E-state index contributed by atoms with van der Waals surface area (Å²) in [5.74, 6) is 0.358. The van der Waals surface area contributed by atoms with Gasteiger partial charge in [0, 0.05) is 11.8 Å². The van der Waals surface area contributed by atoms with Gasteiger partial charge in [0.25, 0.3) is 5.56 Å².